The summed E-state index contributed by atoms with van der Waals surface area (Å²) in [5.74, 6) is -0.0412. The quantitative estimate of drug-likeness (QED) is 0.404. The largest absolute Gasteiger partial charge is 0.325 e. The zero-order valence-electron chi connectivity index (χ0n) is 13.5. The van der Waals surface area contributed by atoms with Crippen LogP contribution in [0.3, 0.4) is 0 Å². The molecule has 0 aliphatic rings. The molecule has 27 heavy (non-hydrogen) atoms. The highest BCUT2D eigenvalue weighted by Gasteiger charge is 2.10. The fraction of sp³-hybridized carbons (Fsp3) is 0.0588. The van der Waals surface area contributed by atoms with E-state index in [4.69, 9.17) is 40.7 Å². The topological polar surface area (TPSA) is 70.7 Å². The predicted octanol–water partition coefficient (Wildman–Crippen LogP) is 5.57. The van der Waals surface area contributed by atoms with Crippen LogP contribution in [0.2, 0.25) is 10.0 Å². The van der Waals surface area contributed by atoms with Gasteiger partial charge in [-0.3, -0.25) is 4.79 Å². The van der Waals surface area contributed by atoms with Crippen molar-refractivity contribution < 1.29 is 4.79 Å². The molecule has 0 saturated heterocycles. The first kappa shape index (κ1) is 19.9. The van der Waals surface area contributed by atoms with Gasteiger partial charge in [0.1, 0.15) is 6.07 Å². The minimum absolute atomic E-state index is 0.167. The summed E-state index contributed by atoms with van der Waals surface area (Å²) >= 11 is 19.8. The van der Waals surface area contributed by atoms with Crippen LogP contribution in [-0.2, 0) is 4.79 Å². The summed E-state index contributed by atoms with van der Waals surface area (Å²) in [6.07, 6.45) is 0. The predicted molar refractivity (Wildman–Crippen MR) is 113 cm³/mol. The Kier molecular flexibility index (Phi) is 6.52. The summed E-state index contributed by atoms with van der Waals surface area (Å²) in [6, 6.07) is 13.9. The third-order valence-electron chi connectivity index (χ3n) is 3.30. The fourth-order valence-electron chi connectivity index (χ4n) is 2.07. The summed E-state index contributed by atoms with van der Waals surface area (Å²) < 4.78 is 2.90. The van der Waals surface area contributed by atoms with E-state index >= 15 is 0 Å². The van der Waals surface area contributed by atoms with E-state index in [2.05, 4.69) is 10.4 Å². The Morgan fingerprint density at radius 1 is 1.30 bits per heavy atom. The summed E-state index contributed by atoms with van der Waals surface area (Å²) in [4.78, 5) is 12.1. The van der Waals surface area contributed by atoms with E-state index in [1.165, 1.54) is 23.1 Å². The van der Waals surface area contributed by atoms with Gasteiger partial charge in [0, 0.05) is 10.7 Å². The number of nitriles is 1. The molecule has 0 radical (unpaired) electrons. The summed E-state index contributed by atoms with van der Waals surface area (Å²) in [6.45, 7) is 0. The SMILES string of the molecule is N#Cc1ccc(NC(=O)CSc2nn(-c3ccc(Cl)cc3)c(=S)s2)cc1Cl. The molecule has 0 fully saturated rings. The van der Waals surface area contributed by atoms with Gasteiger partial charge in [0.25, 0.3) is 0 Å². The second kappa shape index (κ2) is 8.87. The third kappa shape index (κ3) is 5.09. The molecule has 0 saturated carbocycles. The molecule has 0 spiro atoms. The lowest BCUT2D eigenvalue weighted by Gasteiger charge is -2.05. The Morgan fingerprint density at radius 2 is 2.04 bits per heavy atom. The van der Waals surface area contributed by atoms with Crippen LogP contribution in [0.5, 0.6) is 0 Å². The number of amides is 1. The Bertz CT molecular complexity index is 1090. The monoisotopic (exact) mass is 452 g/mol. The van der Waals surface area contributed by atoms with Crippen LogP contribution in [0.1, 0.15) is 5.56 Å². The number of thioether (sulfide) groups is 1. The maximum atomic E-state index is 12.1. The van der Waals surface area contributed by atoms with E-state index < -0.39 is 0 Å². The molecule has 0 bridgehead atoms. The smallest absolute Gasteiger partial charge is 0.234 e. The van der Waals surface area contributed by atoms with Gasteiger partial charge in [-0.2, -0.15) is 5.26 Å². The van der Waals surface area contributed by atoms with Gasteiger partial charge in [0.05, 0.1) is 22.0 Å². The molecule has 1 N–H and O–H groups in total. The van der Waals surface area contributed by atoms with E-state index in [1.54, 1.807) is 35.0 Å². The molecule has 5 nitrogen and oxygen atoms in total. The lowest BCUT2D eigenvalue weighted by molar-refractivity contribution is -0.113. The van der Waals surface area contributed by atoms with Gasteiger partial charge in [0.15, 0.2) is 8.29 Å². The zero-order chi connectivity index (χ0) is 19.4. The molecule has 136 valence electrons. The average Bonchev–Trinajstić information content (AvgIpc) is 3.01. The van der Waals surface area contributed by atoms with Crippen LogP contribution in [-0.4, -0.2) is 21.4 Å². The minimum Gasteiger partial charge on any atom is -0.325 e. The number of hydrogen-bond acceptors (Lipinski definition) is 6. The molecule has 3 aromatic rings. The van der Waals surface area contributed by atoms with Crippen molar-refractivity contribution >= 4 is 70.1 Å². The van der Waals surface area contributed by atoms with Gasteiger partial charge in [-0.15, -0.1) is 5.10 Å². The van der Waals surface area contributed by atoms with Crippen LogP contribution in [0.15, 0.2) is 46.8 Å². The number of carbonyl (C=O) groups is 1. The standard InChI is InChI=1S/C17H10Cl2N4OS3/c18-11-2-5-13(6-3-11)23-17(25)27-16(22-23)26-9-15(24)21-12-4-1-10(8-20)14(19)7-12/h1-7H,9H2,(H,21,24). The summed E-state index contributed by atoms with van der Waals surface area (Å²) in [5, 5.41) is 17.0. The third-order valence-corrected chi connectivity index (χ3v) is 6.23. The molecular formula is C17H10Cl2N4OS3. The molecule has 1 aromatic heterocycles. The Balaban J connectivity index is 1.63. The molecule has 0 unspecified atom stereocenters. The molecular weight excluding hydrogens is 443 g/mol. The van der Waals surface area contributed by atoms with E-state index in [0.29, 0.717) is 29.6 Å². The van der Waals surface area contributed by atoms with Gasteiger partial charge in [-0.25, -0.2) is 4.68 Å². The van der Waals surface area contributed by atoms with Crippen LogP contribution in [0.25, 0.3) is 5.69 Å². The number of carbonyl (C=O) groups excluding carboxylic acids is 1. The van der Waals surface area contributed by atoms with Crippen molar-refractivity contribution in [3.63, 3.8) is 0 Å². The number of halogens is 2. The van der Waals surface area contributed by atoms with Crippen molar-refractivity contribution in [1.82, 2.24) is 9.78 Å². The summed E-state index contributed by atoms with van der Waals surface area (Å²) in [7, 11) is 0. The molecule has 3 rings (SSSR count). The fourth-order valence-corrected chi connectivity index (χ4v) is 4.58. The Labute approximate surface area is 178 Å². The number of nitrogens with one attached hydrogen (secondary N) is 1. The van der Waals surface area contributed by atoms with Crippen molar-refractivity contribution in [2.45, 2.75) is 4.34 Å². The molecule has 0 aliphatic heterocycles. The first-order valence-electron chi connectivity index (χ1n) is 7.44. The number of benzene rings is 2. The second-order valence-electron chi connectivity index (χ2n) is 5.17. The van der Waals surface area contributed by atoms with E-state index in [1.807, 2.05) is 18.2 Å². The normalized spacial score (nSPS) is 10.4. The van der Waals surface area contributed by atoms with Crippen molar-refractivity contribution in [2.75, 3.05) is 11.1 Å². The number of aromatic nitrogens is 2. The number of anilines is 1. The molecule has 1 amide bonds. The van der Waals surface area contributed by atoms with Crippen molar-refractivity contribution in [1.29, 1.82) is 5.26 Å². The van der Waals surface area contributed by atoms with E-state index in [-0.39, 0.29) is 11.7 Å². The van der Waals surface area contributed by atoms with Gasteiger partial charge < -0.3 is 5.32 Å². The molecule has 10 heteroatoms. The minimum atomic E-state index is -0.208. The zero-order valence-corrected chi connectivity index (χ0v) is 17.4. The molecule has 1 heterocycles. The lowest BCUT2D eigenvalue weighted by Crippen LogP contribution is -2.14. The van der Waals surface area contributed by atoms with Crippen molar-refractivity contribution in [3.8, 4) is 11.8 Å². The van der Waals surface area contributed by atoms with Crippen LogP contribution in [0, 0.1) is 15.3 Å². The van der Waals surface area contributed by atoms with Crippen LogP contribution < -0.4 is 5.32 Å². The van der Waals surface area contributed by atoms with Crippen molar-refractivity contribution in [3.05, 3.63) is 62.0 Å². The van der Waals surface area contributed by atoms with Gasteiger partial charge in [-0.05, 0) is 54.7 Å². The van der Waals surface area contributed by atoms with Crippen molar-refractivity contribution in [2.24, 2.45) is 0 Å². The first-order chi connectivity index (χ1) is 13.0. The van der Waals surface area contributed by atoms with Crippen LogP contribution in [0.4, 0.5) is 5.69 Å². The highest BCUT2D eigenvalue weighted by molar-refractivity contribution is 8.01. The Hall–Kier alpha value is -1.89. The average molecular weight is 453 g/mol. The van der Waals surface area contributed by atoms with E-state index in [0.717, 1.165) is 5.69 Å². The number of hydrogen-bond donors (Lipinski definition) is 1. The Morgan fingerprint density at radius 3 is 2.70 bits per heavy atom. The highest BCUT2D eigenvalue weighted by atomic mass is 35.5. The summed E-state index contributed by atoms with van der Waals surface area (Å²) in [5.41, 5.74) is 1.70. The lowest BCUT2D eigenvalue weighted by atomic mass is 10.2. The molecule has 0 aliphatic carbocycles. The van der Waals surface area contributed by atoms with Gasteiger partial charge >= 0.3 is 0 Å². The first-order valence-corrected chi connectivity index (χ1v) is 10.4. The molecule has 2 aromatic carbocycles. The maximum absolute atomic E-state index is 12.1. The number of nitrogens with zero attached hydrogens (tertiary/aromatic N) is 3. The van der Waals surface area contributed by atoms with E-state index in [9.17, 15) is 4.79 Å². The van der Waals surface area contributed by atoms with Gasteiger partial charge in [0.2, 0.25) is 5.91 Å². The second-order valence-corrected chi connectivity index (χ2v) is 8.85. The van der Waals surface area contributed by atoms with Gasteiger partial charge in [-0.1, -0.05) is 46.3 Å². The highest BCUT2D eigenvalue weighted by Crippen LogP contribution is 2.25. The number of rotatable bonds is 5. The molecule has 0 atom stereocenters. The maximum Gasteiger partial charge on any atom is 0.234 e. The van der Waals surface area contributed by atoms with Crippen LogP contribution >= 0.6 is 58.5 Å².